The van der Waals surface area contributed by atoms with Crippen LogP contribution in [0.15, 0.2) is 109 Å². The number of aryl methyl sites for hydroxylation is 2. The van der Waals surface area contributed by atoms with Gasteiger partial charge in [-0.25, -0.2) is 9.37 Å². The summed E-state index contributed by atoms with van der Waals surface area (Å²) in [6.45, 7) is 10.1. The van der Waals surface area contributed by atoms with Gasteiger partial charge in [0.05, 0.1) is 17.8 Å². The van der Waals surface area contributed by atoms with E-state index in [9.17, 15) is 9.18 Å². The highest BCUT2D eigenvalue weighted by Gasteiger charge is 2.26. The summed E-state index contributed by atoms with van der Waals surface area (Å²) < 4.78 is 30.7. The summed E-state index contributed by atoms with van der Waals surface area (Å²) in [6.07, 6.45) is 5.82. The van der Waals surface area contributed by atoms with Gasteiger partial charge in [-0.3, -0.25) is 9.69 Å². The third kappa shape index (κ3) is 10.2. The van der Waals surface area contributed by atoms with Crippen LogP contribution in [0.4, 0.5) is 4.39 Å². The van der Waals surface area contributed by atoms with E-state index >= 15 is 0 Å². The Morgan fingerprint density at radius 2 is 1.60 bits per heavy atom. The molecule has 52 heavy (non-hydrogen) atoms. The zero-order chi connectivity index (χ0) is 36.5. The minimum atomic E-state index is -0.272. The van der Waals surface area contributed by atoms with Crippen molar-refractivity contribution in [3.63, 3.8) is 0 Å². The number of aromatic nitrogens is 1. The number of hydrogen-bond donors (Lipinski definition) is 0. The van der Waals surface area contributed by atoms with Crippen molar-refractivity contribution in [3.05, 3.63) is 154 Å². The lowest BCUT2D eigenvalue weighted by molar-refractivity contribution is -0.130. The fourth-order valence-corrected chi connectivity index (χ4v) is 6.42. The summed E-state index contributed by atoms with van der Waals surface area (Å²) in [5, 5.41) is 0.432. The Morgan fingerprint density at radius 3 is 2.29 bits per heavy atom. The van der Waals surface area contributed by atoms with Crippen molar-refractivity contribution in [2.45, 2.75) is 46.4 Å². The second-order valence-corrected chi connectivity index (χ2v) is 13.6. The SMILES string of the molecule is Cc1ccc(COc2ccc(Oc3c(C)cc(/C=C/C(=O)N4CCN(Cc5ccc(CCOc6ccc(F)cc6)cc5)C[C@H]4C)cc3Cl)nc2)cc1. The highest BCUT2D eigenvalue weighted by Crippen LogP contribution is 2.34. The van der Waals surface area contributed by atoms with Gasteiger partial charge in [0.2, 0.25) is 11.8 Å². The van der Waals surface area contributed by atoms with Crippen LogP contribution < -0.4 is 14.2 Å². The minimum Gasteiger partial charge on any atom is -0.493 e. The van der Waals surface area contributed by atoms with E-state index in [2.05, 4.69) is 60.1 Å². The van der Waals surface area contributed by atoms with E-state index in [1.807, 2.05) is 36.1 Å². The molecule has 7 nitrogen and oxygen atoms in total. The summed E-state index contributed by atoms with van der Waals surface area (Å²) in [4.78, 5) is 21.9. The average Bonchev–Trinajstić information content (AvgIpc) is 3.14. The van der Waals surface area contributed by atoms with Gasteiger partial charge in [-0.2, -0.15) is 0 Å². The first kappa shape index (κ1) is 36.6. The number of amides is 1. The van der Waals surface area contributed by atoms with E-state index in [1.165, 1.54) is 28.8 Å². The Balaban J connectivity index is 0.953. The van der Waals surface area contributed by atoms with Crippen LogP contribution in [0.2, 0.25) is 5.02 Å². The maximum atomic E-state index is 13.2. The van der Waals surface area contributed by atoms with Crippen LogP contribution >= 0.6 is 11.6 Å². The van der Waals surface area contributed by atoms with Crippen LogP contribution in [0.1, 0.15) is 40.3 Å². The Labute approximate surface area is 310 Å². The number of nitrogens with zero attached hydrogens (tertiary/aromatic N) is 3. The summed E-state index contributed by atoms with van der Waals surface area (Å²) in [5.74, 6) is 1.93. The molecule has 1 aromatic heterocycles. The van der Waals surface area contributed by atoms with Gasteiger partial charge in [0.25, 0.3) is 0 Å². The van der Waals surface area contributed by atoms with Crippen LogP contribution in [-0.2, 0) is 24.4 Å². The molecule has 0 N–H and O–H groups in total. The van der Waals surface area contributed by atoms with E-state index in [0.29, 0.717) is 47.9 Å². The number of rotatable bonds is 13. The van der Waals surface area contributed by atoms with E-state index < -0.39 is 0 Å². The lowest BCUT2D eigenvalue weighted by Crippen LogP contribution is -2.53. The van der Waals surface area contributed by atoms with Gasteiger partial charge in [0.15, 0.2) is 5.75 Å². The summed E-state index contributed by atoms with van der Waals surface area (Å²) >= 11 is 6.64. The molecule has 0 radical (unpaired) electrons. The molecule has 5 aromatic rings. The third-order valence-electron chi connectivity index (χ3n) is 9.01. The highest BCUT2D eigenvalue weighted by molar-refractivity contribution is 6.32. The lowest BCUT2D eigenvalue weighted by Gasteiger charge is -2.39. The van der Waals surface area contributed by atoms with Crippen LogP contribution in [0.25, 0.3) is 6.08 Å². The minimum absolute atomic E-state index is 0.0256. The molecule has 268 valence electrons. The molecule has 1 aliphatic rings. The number of halogens is 2. The topological polar surface area (TPSA) is 64.1 Å². The van der Waals surface area contributed by atoms with Gasteiger partial charge in [-0.05, 0) is 97.1 Å². The summed E-state index contributed by atoms with van der Waals surface area (Å²) in [5.41, 5.74) is 6.34. The quantitative estimate of drug-likeness (QED) is 0.113. The Hall–Kier alpha value is -5.18. The first-order valence-corrected chi connectivity index (χ1v) is 17.9. The fraction of sp³-hybridized carbons (Fsp3) is 0.256. The van der Waals surface area contributed by atoms with Crippen LogP contribution in [0, 0.1) is 19.7 Å². The van der Waals surface area contributed by atoms with Gasteiger partial charge in [0.1, 0.15) is 23.9 Å². The van der Waals surface area contributed by atoms with Gasteiger partial charge < -0.3 is 19.1 Å². The van der Waals surface area contributed by atoms with Gasteiger partial charge in [-0.1, -0.05) is 65.7 Å². The predicted octanol–water partition coefficient (Wildman–Crippen LogP) is 9.23. The molecule has 0 unspecified atom stereocenters. The molecule has 6 rings (SSSR count). The maximum Gasteiger partial charge on any atom is 0.246 e. The number of hydrogen-bond acceptors (Lipinski definition) is 6. The zero-order valence-electron chi connectivity index (χ0n) is 29.7. The second kappa shape index (κ2) is 17.4. The van der Waals surface area contributed by atoms with Crippen LogP contribution in [-0.4, -0.2) is 53.0 Å². The van der Waals surface area contributed by atoms with E-state index in [0.717, 1.165) is 42.7 Å². The Morgan fingerprint density at radius 1 is 0.885 bits per heavy atom. The molecule has 0 saturated carbocycles. The summed E-state index contributed by atoms with van der Waals surface area (Å²) in [7, 11) is 0. The Kier molecular flexibility index (Phi) is 12.2. The second-order valence-electron chi connectivity index (χ2n) is 13.2. The number of ether oxygens (including phenoxy) is 3. The number of carbonyl (C=O) groups is 1. The number of piperazine rings is 1. The molecule has 1 fully saturated rings. The average molecular weight is 720 g/mol. The first-order chi connectivity index (χ1) is 25.2. The van der Waals surface area contributed by atoms with Gasteiger partial charge in [0, 0.05) is 50.8 Å². The maximum absolute atomic E-state index is 13.2. The monoisotopic (exact) mass is 719 g/mol. The summed E-state index contributed by atoms with van der Waals surface area (Å²) in [6, 6.07) is 30.2. The molecule has 1 saturated heterocycles. The molecule has 2 heterocycles. The van der Waals surface area contributed by atoms with Crippen molar-refractivity contribution in [3.8, 4) is 23.1 Å². The lowest BCUT2D eigenvalue weighted by atomic mass is 10.1. The molecule has 0 bridgehead atoms. The standard InChI is InChI=1S/C43H43ClFN3O4/c1-30-4-6-35(7-5-30)29-51-39-17-18-41(46-26-39)52-43-31(2)24-36(25-40(43)44)12-19-42(49)48-22-21-47(27-32(48)3)28-34-10-8-33(9-11-34)20-23-50-38-15-13-37(45)14-16-38/h4-19,24-26,32H,20-23,27-29H2,1-3H3/b19-12+/t32-/m1/s1. The molecule has 1 amide bonds. The van der Waals surface area contributed by atoms with Crippen LogP contribution in [0.3, 0.4) is 0 Å². The predicted molar refractivity (Wildman–Crippen MR) is 204 cm³/mol. The number of benzene rings is 4. The zero-order valence-corrected chi connectivity index (χ0v) is 30.5. The van der Waals surface area contributed by atoms with Gasteiger partial charge in [-0.15, -0.1) is 0 Å². The first-order valence-electron chi connectivity index (χ1n) is 17.5. The Bertz CT molecular complexity index is 1940. The van der Waals surface area contributed by atoms with Crippen LogP contribution in [0.5, 0.6) is 23.1 Å². The molecule has 4 aromatic carbocycles. The fourth-order valence-electron chi connectivity index (χ4n) is 6.11. The van der Waals surface area contributed by atoms with E-state index in [1.54, 1.807) is 42.6 Å². The molecule has 1 atom stereocenters. The van der Waals surface area contributed by atoms with Crippen molar-refractivity contribution in [2.75, 3.05) is 26.2 Å². The molecular weight excluding hydrogens is 677 g/mol. The largest absolute Gasteiger partial charge is 0.493 e. The van der Waals surface area contributed by atoms with Crippen molar-refractivity contribution in [2.24, 2.45) is 0 Å². The number of carbonyl (C=O) groups excluding carboxylic acids is 1. The molecule has 1 aliphatic heterocycles. The van der Waals surface area contributed by atoms with E-state index in [-0.39, 0.29) is 17.8 Å². The molecule has 0 aliphatic carbocycles. The van der Waals surface area contributed by atoms with Crippen molar-refractivity contribution in [1.29, 1.82) is 0 Å². The molecular formula is C43H43ClFN3O4. The third-order valence-corrected chi connectivity index (χ3v) is 9.29. The smallest absolute Gasteiger partial charge is 0.246 e. The molecule has 0 spiro atoms. The van der Waals surface area contributed by atoms with E-state index in [4.69, 9.17) is 25.8 Å². The van der Waals surface area contributed by atoms with Crippen molar-refractivity contribution < 1.29 is 23.4 Å². The molecule has 9 heteroatoms. The van der Waals surface area contributed by atoms with Crippen molar-refractivity contribution in [1.82, 2.24) is 14.8 Å². The van der Waals surface area contributed by atoms with Gasteiger partial charge >= 0.3 is 0 Å². The number of pyridine rings is 1. The van der Waals surface area contributed by atoms with Crippen molar-refractivity contribution >= 4 is 23.6 Å². The highest BCUT2D eigenvalue weighted by atomic mass is 35.5. The normalized spacial score (nSPS) is 14.8.